The van der Waals surface area contributed by atoms with Gasteiger partial charge in [-0.15, -0.1) is 0 Å². The minimum atomic E-state index is -3.79. The predicted molar refractivity (Wildman–Crippen MR) is 108 cm³/mol. The van der Waals surface area contributed by atoms with Gasteiger partial charge < -0.3 is 5.11 Å². The van der Waals surface area contributed by atoms with Crippen LogP contribution in [0.2, 0.25) is 10.0 Å². The number of carbonyl (C=O) groups is 2. The highest BCUT2D eigenvalue weighted by molar-refractivity contribution is 7.89. The molecule has 2 N–H and O–H groups in total. The number of aliphatic carboxylic acids is 1. The van der Waals surface area contributed by atoms with Crippen molar-refractivity contribution in [3.63, 3.8) is 0 Å². The lowest BCUT2D eigenvalue weighted by molar-refractivity contribution is -0.137. The van der Waals surface area contributed by atoms with Crippen LogP contribution >= 0.6 is 23.2 Å². The van der Waals surface area contributed by atoms with Crippen LogP contribution in [0.3, 0.4) is 0 Å². The minimum Gasteiger partial charge on any atom is -0.481 e. The van der Waals surface area contributed by atoms with E-state index in [9.17, 15) is 18.0 Å². The standard InChI is InChI=1S/C19H19Cl2NO5S/c20-14-8-9-16(17(21)12-14)19(25)13-5-4-6-15(11-13)28(26,27)22-10-3-1-2-7-18(23)24/h4-6,8-9,11-12,22H,1-3,7,10H2,(H,23,24). The zero-order valence-electron chi connectivity index (χ0n) is 14.8. The van der Waals surface area contributed by atoms with Crippen LogP contribution in [0, 0.1) is 0 Å². The Kier molecular flexibility index (Phi) is 8.00. The molecule has 0 atom stereocenters. The number of rotatable bonds is 10. The number of benzene rings is 2. The number of unbranched alkanes of at least 4 members (excludes halogenated alkanes) is 2. The van der Waals surface area contributed by atoms with E-state index in [1.54, 1.807) is 0 Å². The van der Waals surface area contributed by atoms with Crippen LogP contribution in [0.1, 0.15) is 41.6 Å². The quantitative estimate of drug-likeness (QED) is 0.424. The van der Waals surface area contributed by atoms with E-state index in [2.05, 4.69) is 4.72 Å². The van der Waals surface area contributed by atoms with Crippen LogP contribution < -0.4 is 4.72 Å². The van der Waals surface area contributed by atoms with E-state index >= 15 is 0 Å². The molecule has 0 bridgehead atoms. The van der Waals surface area contributed by atoms with Crippen LogP contribution in [0.15, 0.2) is 47.4 Å². The second-order valence-corrected chi connectivity index (χ2v) is 8.69. The number of nitrogens with one attached hydrogen (secondary N) is 1. The van der Waals surface area contributed by atoms with Crippen LogP contribution in [-0.4, -0.2) is 31.8 Å². The maximum atomic E-state index is 12.7. The molecule has 6 nitrogen and oxygen atoms in total. The van der Waals surface area contributed by atoms with Gasteiger partial charge in [0.15, 0.2) is 5.78 Å². The van der Waals surface area contributed by atoms with Gasteiger partial charge in [-0.2, -0.15) is 0 Å². The van der Waals surface area contributed by atoms with E-state index in [-0.39, 0.29) is 34.0 Å². The molecule has 0 saturated heterocycles. The normalized spacial score (nSPS) is 11.4. The molecule has 150 valence electrons. The predicted octanol–water partition coefficient (Wildman–Crippen LogP) is 4.15. The van der Waals surface area contributed by atoms with Crippen molar-refractivity contribution in [2.75, 3.05) is 6.54 Å². The third kappa shape index (κ3) is 6.31. The zero-order chi connectivity index (χ0) is 20.7. The molecule has 0 saturated carbocycles. The van der Waals surface area contributed by atoms with Gasteiger partial charge in [0.1, 0.15) is 0 Å². The Balaban J connectivity index is 2.06. The molecule has 28 heavy (non-hydrogen) atoms. The molecular weight excluding hydrogens is 425 g/mol. The summed E-state index contributed by atoms with van der Waals surface area (Å²) in [6.45, 7) is 0.184. The van der Waals surface area contributed by atoms with Crippen LogP contribution in [-0.2, 0) is 14.8 Å². The van der Waals surface area contributed by atoms with E-state index < -0.39 is 21.8 Å². The number of carboxylic acid groups (broad SMARTS) is 1. The first-order chi connectivity index (χ1) is 13.2. The largest absolute Gasteiger partial charge is 0.481 e. The van der Waals surface area contributed by atoms with Crippen molar-refractivity contribution in [2.24, 2.45) is 0 Å². The second kappa shape index (κ2) is 10.0. The molecule has 2 rings (SSSR count). The molecule has 0 fully saturated rings. The highest BCUT2D eigenvalue weighted by atomic mass is 35.5. The topological polar surface area (TPSA) is 101 Å². The fourth-order valence-electron chi connectivity index (χ4n) is 2.50. The fraction of sp³-hybridized carbons (Fsp3) is 0.263. The number of hydrogen-bond acceptors (Lipinski definition) is 4. The SMILES string of the molecule is O=C(O)CCCCCNS(=O)(=O)c1cccc(C(=O)c2ccc(Cl)cc2Cl)c1. The molecule has 0 aliphatic carbocycles. The van der Waals surface area contributed by atoms with Crippen LogP contribution in [0.25, 0.3) is 0 Å². The fourth-order valence-corrected chi connectivity index (χ4v) is 4.12. The highest BCUT2D eigenvalue weighted by Crippen LogP contribution is 2.24. The Labute approximate surface area is 173 Å². The first kappa shape index (κ1) is 22.4. The summed E-state index contributed by atoms with van der Waals surface area (Å²) >= 11 is 11.9. The van der Waals surface area contributed by atoms with Gasteiger partial charge in [-0.3, -0.25) is 9.59 Å². The molecule has 9 heteroatoms. The first-order valence-electron chi connectivity index (χ1n) is 8.52. The number of carbonyl (C=O) groups excluding carboxylic acids is 1. The van der Waals surface area contributed by atoms with E-state index in [1.807, 2.05) is 0 Å². The average Bonchev–Trinajstić information content (AvgIpc) is 2.64. The van der Waals surface area contributed by atoms with Gasteiger partial charge in [0.05, 0.1) is 9.92 Å². The van der Waals surface area contributed by atoms with Crippen molar-refractivity contribution in [3.05, 3.63) is 63.6 Å². The minimum absolute atomic E-state index is 0.0334. The number of carboxylic acids is 1. The summed E-state index contributed by atoms with van der Waals surface area (Å²) in [6, 6.07) is 10.2. The summed E-state index contributed by atoms with van der Waals surface area (Å²) in [5.41, 5.74) is 0.417. The third-order valence-corrected chi connectivity index (χ3v) is 5.95. The summed E-state index contributed by atoms with van der Waals surface area (Å²) in [6.07, 6.45) is 1.67. The van der Waals surface area contributed by atoms with E-state index in [1.165, 1.54) is 42.5 Å². The van der Waals surface area contributed by atoms with Gasteiger partial charge in [0.2, 0.25) is 10.0 Å². The molecule has 0 spiro atoms. The Hall–Kier alpha value is -1.93. The molecular formula is C19H19Cl2NO5S. The Morgan fingerprint density at radius 3 is 2.43 bits per heavy atom. The lowest BCUT2D eigenvalue weighted by Crippen LogP contribution is -2.25. The number of ketones is 1. The molecule has 0 radical (unpaired) electrons. The van der Waals surface area contributed by atoms with Crippen molar-refractivity contribution in [3.8, 4) is 0 Å². The van der Waals surface area contributed by atoms with Crippen molar-refractivity contribution in [1.82, 2.24) is 4.72 Å². The molecule has 0 heterocycles. The second-order valence-electron chi connectivity index (χ2n) is 6.08. The Morgan fingerprint density at radius 2 is 1.75 bits per heavy atom. The lowest BCUT2D eigenvalue weighted by atomic mass is 10.0. The van der Waals surface area contributed by atoms with Crippen molar-refractivity contribution < 1.29 is 23.1 Å². The molecule has 0 aromatic heterocycles. The Morgan fingerprint density at radius 1 is 1.00 bits per heavy atom. The van der Waals surface area contributed by atoms with Crippen molar-refractivity contribution in [1.29, 1.82) is 0 Å². The summed E-state index contributed by atoms with van der Waals surface area (Å²) in [7, 11) is -3.79. The lowest BCUT2D eigenvalue weighted by Gasteiger charge is -2.09. The Bertz CT molecular complexity index is 976. The van der Waals surface area contributed by atoms with Crippen LogP contribution in [0.4, 0.5) is 0 Å². The van der Waals surface area contributed by atoms with Gasteiger partial charge in [0, 0.05) is 29.1 Å². The van der Waals surface area contributed by atoms with Gasteiger partial charge in [-0.05, 0) is 43.2 Å². The number of halogens is 2. The van der Waals surface area contributed by atoms with Crippen molar-refractivity contribution >= 4 is 45.0 Å². The monoisotopic (exact) mass is 443 g/mol. The highest BCUT2D eigenvalue weighted by Gasteiger charge is 2.18. The summed E-state index contributed by atoms with van der Waals surface area (Å²) in [4.78, 5) is 23.1. The van der Waals surface area contributed by atoms with E-state index in [4.69, 9.17) is 28.3 Å². The average molecular weight is 444 g/mol. The molecule has 2 aromatic carbocycles. The number of hydrogen-bond donors (Lipinski definition) is 2. The summed E-state index contributed by atoms with van der Waals surface area (Å²) < 4.78 is 27.3. The molecule has 0 aliphatic heterocycles. The molecule has 0 unspecified atom stereocenters. The first-order valence-corrected chi connectivity index (χ1v) is 10.8. The third-order valence-electron chi connectivity index (χ3n) is 3.94. The van der Waals surface area contributed by atoms with Crippen molar-refractivity contribution in [2.45, 2.75) is 30.6 Å². The van der Waals surface area contributed by atoms with Crippen LogP contribution in [0.5, 0.6) is 0 Å². The summed E-state index contributed by atoms with van der Waals surface area (Å²) in [5, 5.41) is 9.16. The van der Waals surface area contributed by atoms with Gasteiger partial charge in [-0.25, -0.2) is 13.1 Å². The van der Waals surface area contributed by atoms with Gasteiger partial charge >= 0.3 is 5.97 Å². The molecule has 2 aromatic rings. The maximum absolute atomic E-state index is 12.7. The van der Waals surface area contributed by atoms with E-state index in [0.717, 1.165) is 0 Å². The van der Waals surface area contributed by atoms with E-state index in [0.29, 0.717) is 24.3 Å². The molecule has 0 amide bonds. The van der Waals surface area contributed by atoms with Gasteiger partial charge in [-0.1, -0.05) is 41.8 Å². The zero-order valence-corrected chi connectivity index (χ0v) is 17.1. The maximum Gasteiger partial charge on any atom is 0.303 e. The molecule has 0 aliphatic rings. The smallest absolute Gasteiger partial charge is 0.303 e. The van der Waals surface area contributed by atoms with Gasteiger partial charge in [0.25, 0.3) is 0 Å². The summed E-state index contributed by atoms with van der Waals surface area (Å²) in [5.74, 6) is -1.28. The number of sulfonamides is 1.